The Kier molecular flexibility index (Phi) is 636. The van der Waals surface area contributed by atoms with E-state index in [0.717, 1.165) is 0 Å². The molecule has 0 aliphatic heterocycles. The van der Waals surface area contributed by atoms with E-state index in [4.69, 9.17) is 15.0 Å². The van der Waals surface area contributed by atoms with Crippen LogP contribution in [0.5, 0.6) is 0 Å². The first-order valence-corrected chi connectivity index (χ1v) is 0.651. The van der Waals surface area contributed by atoms with Gasteiger partial charge in [0.15, 0.2) is 0 Å². The Hall–Kier alpha value is -0.930. The van der Waals surface area contributed by atoms with E-state index in [2.05, 4.69) is 0 Å². The first kappa shape index (κ1) is 94.1. The SMILES string of the molecule is O.O.O.O.O.O=C(O)O. The van der Waals surface area contributed by atoms with Crippen LogP contribution in [0.1, 0.15) is 0 Å². The van der Waals surface area contributed by atoms with E-state index in [-0.39, 0.29) is 27.4 Å². The third-order valence-electron chi connectivity index (χ3n) is 0. The molecule has 0 bridgehead atoms. The van der Waals surface area contributed by atoms with Crippen molar-refractivity contribution >= 4 is 6.16 Å². The molecule has 12 N–H and O–H groups in total. The van der Waals surface area contributed by atoms with Gasteiger partial charge in [-0.3, -0.25) is 0 Å². The molecule has 0 saturated carbocycles. The molecule has 8 nitrogen and oxygen atoms in total. The fraction of sp³-hybridized carbons (Fsp3) is 0. The molecular formula is CH12O8. The second-order valence-corrected chi connectivity index (χ2v) is 0.283. The molecule has 0 aromatic carbocycles. The Morgan fingerprint density at radius 3 is 0.778 bits per heavy atom. The van der Waals surface area contributed by atoms with Gasteiger partial charge in [0.25, 0.3) is 0 Å². The van der Waals surface area contributed by atoms with Crippen molar-refractivity contribution in [2.45, 2.75) is 0 Å². The first-order valence-electron chi connectivity index (χ1n) is 0.651. The van der Waals surface area contributed by atoms with Crippen LogP contribution in [0.3, 0.4) is 0 Å². The summed E-state index contributed by atoms with van der Waals surface area (Å²) in [7, 11) is 0. The van der Waals surface area contributed by atoms with Crippen molar-refractivity contribution < 1.29 is 42.4 Å². The molecule has 9 heavy (non-hydrogen) atoms. The van der Waals surface area contributed by atoms with Gasteiger partial charge in [-0.05, 0) is 0 Å². The summed E-state index contributed by atoms with van der Waals surface area (Å²) in [6, 6.07) is 0. The van der Waals surface area contributed by atoms with Crippen molar-refractivity contribution in [1.29, 1.82) is 0 Å². The average Bonchev–Trinajstić information content (AvgIpc) is 0.811. The van der Waals surface area contributed by atoms with Crippen LogP contribution in [0, 0.1) is 0 Å². The highest BCUT2D eigenvalue weighted by atomic mass is 16.6. The molecule has 0 aromatic rings. The number of hydrogen-bond acceptors (Lipinski definition) is 1. The Bertz CT molecular complexity index is 27.5. The Labute approximate surface area is 49.9 Å². The quantitative estimate of drug-likeness (QED) is 0.355. The molecule has 0 radical (unpaired) electrons. The van der Waals surface area contributed by atoms with Crippen molar-refractivity contribution in [2.24, 2.45) is 0 Å². The van der Waals surface area contributed by atoms with Gasteiger partial charge in [-0.15, -0.1) is 0 Å². The number of carbonyl (C=O) groups is 1. The van der Waals surface area contributed by atoms with Gasteiger partial charge < -0.3 is 37.6 Å². The molecule has 0 aliphatic rings. The summed E-state index contributed by atoms with van der Waals surface area (Å²) in [5, 5.41) is 13.9. The maximum Gasteiger partial charge on any atom is 0.503 e. The summed E-state index contributed by atoms with van der Waals surface area (Å²) < 4.78 is 0. The zero-order valence-corrected chi connectivity index (χ0v) is 4.30. The summed E-state index contributed by atoms with van der Waals surface area (Å²) in [6.45, 7) is 0. The standard InChI is InChI=1S/CH2O3.5H2O/c2-1(3)4;;;;;/h(H2,2,3,4);5*1H2. The van der Waals surface area contributed by atoms with E-state index in [9.17, 15) is 0 Å². The molecule has 8 heteroatoms. The molecule has 0 amide bonds. The van der Waals surface area contributed by atoms with Crippen LogP contribution in [0.15, 0.2) is 0 Å². The number of carboxylic acid groups (broad SMARTS) is 2. The molecular weight excluding hydrogens is 140 g/mol. The largest absolute Gasteiger partial charge is 0.503 e. The Morgan fingerprint density at radius 1 is 0.778 bits per heavy atom. The van der Waals surface area contributed by atoms with Crippen molar-refractivity contribution in [3.63, 3.8) is 0 Å². The van der Waals surface area contributed by atoms with Gasteiger partial charge >= 0.3 is 6.16 Å². The first-order chi connectivity index (χ1) is 1.73. The summed E-state index contributed by atoms with van der Waals surface area (Å²) in [6.07, 6.45) is -1.83. The minimum atomic E-state index is -1.83. The highest BCUT2D eigenvalue weighted by Crippen LogP contribution is 1.42. The van der Waals surface area contributed by atoms with E-state index in [0.29, 0.717) is 0 Å². The molecule has 0 atom stereocenters. The van der Waals surface area contributed by atoms with E-state index >= 15 is 0 Å². The monoisotopic (exact) mass is 152 g/mol. The maximum absolute atomic E-state index is 8.56. The second-order valence-electron chi connectivity index (χ2n) is 0.283. The van der Waals surface area contributed by atoms with E-state index in [1.807, 2.05) is 0 Å². The van der Waals surface area contributed by atoms with Crippen molar-refractivity contribution in [3.05, 3.63) is 0 Å². The summed E-state index contributed by atoms with van der Waals surface area (Å²) in [4.78, 5) is 8.56. The zero-order chi connectivity index (χ0) is 3.58. The fourth-order valence-electron chi connectivity index (χ4n) is 0. The lowest BCUT2D eigenvalue weighted by Crippen LogP contribution is -1.81. The van der Waals surface area contributed by atoms with Crippen molar-refractivity contribution in [1.82, 2.24) is 0 Å². The number of rotatable bonds is 0. The highest BCUT2D eigenvalue weighted by Gasteiger charge is 1.70. The smallest absolute Gasteiger partial charge is 0.450 e. The second kappa shape index (κ2) is 60.8. The Balaban J connectivity index is -0.00000000450. The molecule has 64 valence electrons. The predicted octanol–water partition coefficient (Wildman–Crippen LogP) is -3.90. The van der Waals surface area contributed by atoms with Gasteiger partial charge in [-0.1, -0.05) is 0 Å². The van der Waals surface area contributed by atoms with Gasteiger partial charge in [0.05, 0.1) is 0 Å². The molecule has 0 unspecified atom stereocenters. The van der Waals surface area contributed by atoms with E-state index < -0.39 is 6.16 Å². The van der Waals surface area contributed by atoms with E-state index in [1.54, 1.807) is 0 Å². The third-order valence-corrected chi connectivity index (χ3v) is 0. The third kappa shape index (κ3) is 210. The fourth-order valence-corrected chi connectivity index (χ4v) is 0. The molecule has 0 rings (SSSR count). The molecule has 0 aliphatic carbocycles. The van der Waals surface area contributed by atoms with Crippen LogP contribution in [0.2, 0.25) is 0 Å². The average molecular weight is 152 g/mol. The zero-order valence-electron chi connectivity index (χ0n) is 4.30. The van der Waals surface area contributed by atoms with Crippen LogP contribution in [0.25, 0.3) is 0 Å². The van der Waals surface area contributed by atoms with Crippen LogP contribution < -0.4 is 0 Å². The summed E-state index contributed by atoms with van der Waals surface area (Å²) in [5.74, 6) is 0. The van der Waals surface area contributed by atoms with Gasteiger partial charge in [0.1, 0.15) is 0 Å². The van der Waals surface area contributed by atoms with Crippen LogP contribution in [0.4, 0.5) is 4.79 Å². The normalized spacial score (nSPS) is 2.67. The van der Waals surface area contributed by atoms with Gasteiger partial charge in [0, 0.05) is 0 Å². The van der Waals surface area contributed by atoms with Crippen LogP contribution >= 0.6 is 0 Å². The lowest BCUT2D eigenvalue weighted by molar-refractivity contribution is 0.137. The minimum absolute atomic E-state index is 0. The van der Waals surface area contributed by atoms with Gasteiger partial charge in [0.2, 0.25) is 0 Å². The molecule has 0 saturated heterocycles. The predicted molar refractivity (Wildman–Crippen MR) is 28.7 cm³/mol. The highest BCUT2D eigenvalue weighted by molar-refractivity contribution is 5.53. The lowest BCUT2D eigenvalue weighted by Gasteiger charge is -1.60. The summed E-state index contributed by atoms with van der Waals surface area (Å²) in [5.41, 5.74) is 0. The topological polar surface area (TPSA) is 215 Å². The van der Waals surface area contributed by atoms with Crippen LogP contribution in [-0.4, -0.2) is 43.7 Å². The summed E-state index contributed by atoms with van der Waals surface area (Å²) >= 11 is 0. The van der Waals surface area contributed by atoms with Gasteiger partial charge in [-0.2, -0.15) is 0 Å². The van der Waals surface area contributed by atoms with E-state index in [1.165, 1.54) is 0 Å². The number of hydrogen-bond donors (Lipinski definition) is 2. The molecule has 0 heterocycles. The van der Waals surface area contributed by atoms with Crippen molar-refractivity contribution in [2.75, 3.05) is 0 Å². The van der Waals surface area contributed by atoms with Gasteiger partial charge in [-0.25, -0.2) is 4.79 Å². The minimum Gasteiger partial charge on any atom is -0.450 e. The van der Waals surface area contributed by atoms with Crippen LogP contribution in [-0.2, 0) is 0 Å². The Morgan fingerprint density at radius 2 is 0.778 bits per heavy atom. The molecule has 0 fully saturated rings. The molecule has 0 spiro atoms. The maximum atomic E-state index is 8.56. The molecule has 0 aromatic heterocycles. The lowest BCUT2D eigenvalue weighted by atomic mass is 11.5. The van der Waals surface area contributed by atoms with Crippen molar-refractivity contribution in [3.8, 4) is 0 Å².